The number of nitrogens with zero attached hydrogens (tertiary/aromatic N) is 3. The molecule has 0 fully saturated rings. The Hall–Kier alpha value is -1.91. The van der Waals surface area contributed by atoms with Crippen LogP contribution < -0.4 is 4.84 Å². The maximum absolute atomic E-state index is 11.3. The summed E-state index contributed by atoms with van der Waals surface area (Å²) in [5.74, 6) is -0.515. The summed E-state index contributed by atoms with van der Waals surface area (Å²) in [6, 6.07) is 7.29. The summed E-state index contributed by atoms with van der Waals surface area (Å²) in [5, 5.41) is 7.61. The van der Waals surface area contributed by atoms with Gasteiger partial charge in [0.2, 0.25) is 0 Å². The summed E-state index contributed by atoms with van der Waals surface area (Å²) in [5.41, 5.74) is 1.39. The monoisotopic (exact) mass is 205 g/mol. The van der Waals surface area contributed by atoms with Gasteiger partial charge in [0, 0.05) is 0 Å². The lowest BCUT2D eigenvalue weighted by atomic mass is 10.2. The highest BCUT2D eigenvalue weighted by Crippen LogP contribution is 2.08. The summed E-state index contributed by atoms with van der Waals surface area (Å²) >= 11 is 0. The average Bonchev–Trinajstić information content (AvgIpc) is 2.62. The molecule has 1 heterocycles. The maximum atomic E-state index is 11.3. The molecule has 0 aliphatic heterocycles. The Labute approximate surface area is 86.6 Å². The Morgan fingerprint density at radius 1 is 1.40 bits per heavy atom. The molecule has 78 valence electrons. The van der Waals surface area contributed by atoms with Gasteiger partial charge in [0.1, 0.15) is 11.0 Å². The Morgan fingerprint density at radius 2 is 2.13 bits per heavy atom. The fourth-order valence-corrected chi connectivity index (χ4v) is 1.11. The first-order valence-electron chi connectivity index (χ1n) is 4.71. The van der Waals surface area contributed by atoms with Gasteiger partial charge in [-0.1, -0.05) is 30.8 Å². The SMILES string of the molecule is CC(C)C(=O)On1nnc2ccccc21. The minimum absolute atomic E-state index is 0.187. The number of carbonyl (C=O) groups excluding carboxylic acids is 1. The number of carbonyl (C=O) groups is 1. The summed E-state index contributed by atoms with van der Waals surface area (Å²) in [7, 11) is 0. The van der Waals surface area contributed by atoms with E-state index in [1.807, 2.05) is 18.2 Å². The highest BCUT2D eigenvalue weighted by molar-refractivity contribution is 5.76. The van der Waals surface area contributed by atoms with E-state index in [1.54, 1.807) is 19.9 Å². The van der Waals surface area contributed by atoms with Crippen molar-refractivity contribution in [1.29, 1.82) is 0 Å². The van der Waals surface area contributed by atoms with Crippen molar-refractivity contribution >= 4 is 17.0 Å². The molecule has 2 aromatic rings. The maximum Gasteiger partial charge on any atom is 0.337 e. The smallest absolute Gasteiger partial charge is 0.317 e. The molecule has 2 rings (SSSR count). The molecule has 0 saturated heterocycles. The van der Waals surface area contributed by atoms with E-state index in [0.29, 0.717) is 11.0 Å². The van der Waals surface area contributed by atoms with Gasteiger partial charge in [0.05, 0.1) is 5.92 Å². The second-order valence-corrected chi connectivity index (χ2v) is 3.52. The predicted molar refractivity (Wildman–Crippen MR) is 54.0 cm³/mol. The summed E-state index contributed by atoms with van der Waals surface area (Å²) in [4.78, 5) is 17.5. The van der Waals surface area contributed by atoms with E-state index in [0.717, 1.165) is 4.85 Å². The molecule has 5 nitrogen and oxygen atoms in total. The number of aromatic nitrogens is 3. The third-order valence-corrected chi connectivity index (χ3v) is 1.97. The average molecular weight is 205 g/mol. The molecule has 0 aliphatic rings. The standard InChI is InChI=1S/C10H11N3O2/c1-7(2)10(14)15-13-9-6-4-3-5-8(9)11-12-13/h3-7H,1-2H3. The molecule has 0 amide bonds. The Kier molecular flexibility index (Phi) is 2.37. The lowest BCUT2D eigenvalue weighted by Gasteiger charge is -2.04. The zero-order valence-electron chi connectivity index (χ0n) is 8.54. The first-order valence-corrected chi connectivity index (χ1v) is 4.71. The van der Waals surface area contributed by atoms with Crippen LogP contribution in [-0.2, 0) is 4.79 Å². The first kappa shape index (κ1) is 9.64. The molecule has 0 N–H and O–H groups in total. The number of hydrogen-bond donors (Lipinski definition) is 0. The zero-order chi connectivity index (χ0) is 10.8. The number of rotatable bonds is 2. The van der Waals surface area contributed by atoms with Gasteiger partial charge in [0.15, 0.2) is 0 Å². The van der Waals surface area contributed by atoms with Crippen molar-refractivity contribution in [1.82, 2.24) is 15.2 Å². The molecular formula is C10H11N3O2. The van der Waals surface area contributed by atoms with Crippen molar-refractivity contribution in [2.24, 2.45) is 5.92 Å². The molecule has 1 aromatic carbocycles. The molecular weight excluding hydrogens is 194 g/mol. The topological polar surface area (TPSA) is 57.0 Å². The second-order valence-electron chi connectivity index (χ2n) is 3.52. The molecule has 1 aromatic heterocycles. The lowest BCUT2D eigenvalue weighted by Crippen LogP contribution is -2.24. The van der Waals surface area contributed by atoms with E-state index in [9.17, 15) is 4.79 Å². The molecule has 0 radical (unpaired) electrons. The van der Waals surface area contributed by atoms with Gasteiger partial charge < -0.3 is 4.84 Å². The third-order valence-electron chi connectivity index (χ3n) is 1.97. The van der Waals surface area contributed by atoms with Crippen LogP contribution in [0.15, 0.2) is 24.3 Å². The largest absolute Gasteiger partial charge is 0.337 e. The van der Waals surface area contributed by atoms with Crippen molar-refractivity contribution < 1.29 is 9.63 Å². The van der Waals surface area contributed by atoms with E-state index in [1.165, 1.54) is 0 Å². The Morgan fingerprint density at radius 3 is 2.87 bits per heavy atom. The quantitative estimate of drug-likeness (QED) is 0.687. The molecule has 0 saturated carbocycles. The van der Waals surface area contributed by atoms with Gasteiger partial charge in [-0.05, 0) is 17.3 Å². The molecule has 0 unspecified atom stereocenters. The van der Waals surface area contributed by atoms with Gasteiger partial charge in [-0.15, -0.1) is 5.10 Å². The predicted octanol–water partition coefficient (Wildman–Crippen LogP) is 1.04. The van der Waals surface area contributed by atoms with E-state index < -0.39 is 0 Å². The van der Waals surface area contributed by atoms with Crippen LogP contribution in [0, 0.1) is 5.92 Å². The van der Waals surface area contributed by atoms with Gasteiger partial charge in [0.25, 0.3) is 0 Å². The van der Waals surface area contributed by atoms with Crippen molar-refractivity contribution in [3.63, 3.8) is 0 Å². The summed E-state index contributed by atoms with van der Waals surface area (Å²) in [6.07, 6.45) is 0. The van der Waals surface area contributed by atoms with Crippen molar-refractivity contribution in [2.45, 2.75) is 13.8 Å². The van der Waals surface area contributed by atoms with E-state index >= 15 is 0 Å². The molecule has 0 bridgehead atoms. The highest BCUT2D eigenvalue weighted by Gasteiger charge is 2.12. The molecule has 15 heavy (non-hydrogen) atoms. The first-order chi connectivity index (χ1) is 7.18. The fraction of sp³-hybridized carbons (Fsp3) is 0.300. The minimum Gasteiger partial charge on any atom is -0.317 e. The molecule has 0 aliphatic carbocycles. The van der Waals surface area contributed by atoms with Crippen LogP contribution in [-0.4, -0.2) is 21.1 Å². The van der Waals surface area contributed by atoms with Gasteiger partial charge in [-0.3, -0.25) is 0 Å². The molecule has 5 heteroatoms. The van der Waals surface area contributed by atoms with Gasteiger partial charge >= 0.3 is 5.97 Å². The van der Waals surface area contributed by atoms with Crippen molar-refractivity contribution in [3.8, 4) is 0 Å². The van der Waals surface area contributed by atoms with Crippen LogP contribution in [0.3, 0.4) is 0 Å². The van der Waals surface area contributed by atoms with Crippen LogP contribution in [0.4, 0.5) is 0 Å². The second kappa shape index (κ2) is 3.68. The van der Waals surface area contributed by atoms with Crippen molar-refractivity contribution in [2.75, 3.05) is 0 Å². The minimum atomic E-state index is -0.328. The Balaban J connectivity index is 2.33. The van der Waals surface area contributed by atoms with Gasteiger partial charge in [-0.2, -0.15) is 0 Å². The van der Waals surface area contributed by atoms with E-state index in [4.69, 9.17) is 4.84 Å². The normalized spacial score (nSPS) is 10.9. The van der Waals surface area contributed by atoms with Gasteiger partial charge in [-0.25, -0.2) is 4.79 Å². The fourth-order valence-electron chi connectivity index (χ4n) is 1.11. The van der Waals surface area contributed by atoms with Crippen LogP contribution in [0.2, 0.25) is 0 Å². The number of para-hydroxylation sites is 1. The zero-order valence-corrected chi connectivity index (χ0v) is 8.54. The van der Waals surface area contributed by atoms with Crippen LogP contribution in [0.25, 0.3) is 11.0 Å². The highest BCUT2D eigenvalue weighted by atomic mass is 16.7. The summed E-state index contributed by atoms with van der Waals surface area (Å²) < 4.78 is 0. The van der Waals surface area contributed by atoms with Crippen LogP contribution >= 0.6 is 0 Å². The molecule has 0 spiro atoms. The van der Waals surface area contributed by atoms with E-state index in [2.05, 4.69) is 10.3 Å². The third kappa shape index (κ3) is 1.81. The number of benzene rings is 1. The number of hydrogen-bond acceptors (Lipinski definition) is 4. The number of fused-ring (bicyclic) bond motifs is 1. The van der Waals surface area contributed by atoms with Crippen LogP contribution in [0.5, 0.6) is 0 Å². The van der Waals surface area contributed by atoms with Crippen molar-refractivity contribution in [3.05, 3.63) is 24.3 Å². The lowest BCUT2D eigenvalue weighted by molar-refractivity contribution is -0.149. The molecule has 0 atom stereocenters. The van der Waals surface area contributed by atoms with E-state index in [-0.39, 0.29) is 11.9 Å². The summed E-state index contributed by atoms with van der Waals surface area (Å²) in [6.45, 7) is 3.53. The van der Waals surface area contributed by atoms with Crippen LogP contribution in [0.1, 0.15) is 13.8 Å². The Bertz CT molecular complexity index is 490.